The Morgan fingerprint density at radius 1 is 1.58 bits per heavy atom. The van der Waals surface area contributed by atoms with E-state index < -0.39 is 16.6 Å². The molecule has 1 aliphatic heterocycles. The number of nitrogens with two attached hydrogens (primary N) is 1. The van der Waals surface area contributed by atoms with Gasteiger partial charge in [-0.25, -0.2) is 4.39 Å². The maximum Gasteiger partial charge on any atom is 0.306 e. The maximum absolute atomic E-state index is 13.4. The third kappa shape index (κ3) is 2.67. The molecule has 19 heavy (non-hydrogen) atoms. The molecule has 0 saturated carbocycles. The zero-order valence-electron chi connectivity index (χ0n) is 9.81. The van der Waals surface area contributed by atoms with Crippen molar-refractivity contribution in [3.63, 3.8) is 0 Å². The molecule has 1 fully saturated rings. The Hall–Kier alpha value is -1.70. The van der Waals surface area contributed by atoms with Crippen LogP contribution < -0.4 is 10.6 Å². The minimum atomic E-state index is -0.574. The van der Waals surface area contributed by atoms with Crippen LogP contribution in [0.1, 0.15) is 6.42 Å². The van der Waals surface area contributed by atoms with Crippen molar-refractivity contribution in [3.8, 4) is 0 Å². The molecule has 1 saturated heterocycles. The highest BCUT2D eigenvalue weighted by atomic mass is 79.9. The first kappa shape index (κ1) is 13.7. The summed E-state index contributed by atoms with van der Waals surface area (Å²) >= 11 is 2.99. The second-order valence-electron chi connectivity index (χ2n) is 4.35. The van der Waals surface area contributed by atoms with Crippen LogP contribution in [-0.2, 0) is 4.79 Å². The van der Waals surface area contributed by atoms with E-state index in [2.05, 4.69) is 15.9 Å². The van der Waals surface area contributed by atoms with Crippen molar-refractivity contribution >= 4 is 33.2 Å². The van der Waals surface area contributed by atoms with Crippen molar-refractivity contribution < 1.29 is 14.1 Å². The summed E-state index contributed by atoms with van der Waals surface area (Å²) in [4.78, 5) is 23.2. The molecule has 1 aliphatic rings. The average molecular weight is 332 g/mol. The minimum Gasteiger partial charge on any atom is -0.369 e. The summed E-state index contributed by atoms with van der Waals surface area (Å²) in [7, 11) is 0. The summed E-state index contributed by atoms with van der Waals surface area (Å²) in [5.74, 6) is -1.38. The monoisotopic (exact) mass is 331 g/mol. The van der Waals surface area contributed by atoms with E-state index in [1.165, 1.54) is 0 Å². The van der Waals surface area contributed by atoms with E-state index in [0.29, 0.717) is 13.0 Å². The number of hydrogen-bond donors (Lipinski definition) is 1. The highest BCUT2D eigenvalue weighted by Gasteiger charge is 2.32. The maximum atomic E-state index is 13.4. The van der Waals surface area contributed by atoms with Crippen LogP contribution in [-0.4, -0.2) is 23.9 Å². The quantitative estimate of drug-likeness (QED) is 0.675. The Morgan fingerprint density at radius 2 is 2.26 bits per heavy atom. The van der Waals surface area contributed by atoms with Gasteiger partial charge in [0.25, 0.3) is 0 Å². The van der Waals surface area contributed by atoms with E-state index in [1.54, 1.807) is 4.90 Å². The summed E-state index contributed by atoms with van der Waals surface area (Å²) in [6.45, 7) is 0.705. The molecule has 1 heterocycles. The smallest absolute Gasteiger partial charge is 0.306 e. The van der Waals surface area contributed by atoms with Crippen LogP contribution in [0.4, 0.5) is 15.8 Å². The van der Waals surface area contributed by atoms with E-state index in [4.69, 9.17) is 5.73 Å². The molecule has 2 N–H and O–H groups in total. The van der Waals surface area contributed by atoms with E-state index in [0.717, 1.165) is 12.1 Å². The lowest BCUT2D eigenvalue weighted by atomic mass is 10.1. The molecule has 1 unspecified atom stereocenters. The van der Waals surface area contributed by atoms with E-state index in [1.807, 2.05) is 0 Å². The largest absolute Gasteiger partial charge is 0.369 e. The third-order valence-corrected chi connectivity index (χ3v) is 3.73. The molecule has 2 rings (SSSR count). The van der Waals surface area contributed by atoms with Gasteiger partial charge < -0.3 is 10.6 Å². The zero-order valence-corrected chi connectivity index (χ0v) is 11.4. The Labute approximate surface area is 116 Å². The fraction of sp³-hybridized carbons (Fsp3) is 0.364. The lowest BCUT2D eigenvalue weighted by molar-refractivity contribution is -0.385. The number of halogens is 2. The summed E-state index contributed by atoms with van der Waals surface area (Å²) in [6.07, 6.45) is 0.515. The first-order chi connectivity index (χ1) is 8.90. The van der Waals surface area contributed by atoms with Crippen molar-refractivity contribution in [1.82, 2.24) is 0 Å². The predicted octanol–water partition coefficient (Wildman–Crippen LogP) is 1.81. The Kier molecular flexibility index (Phi) is 3.70. The number of primary amides is 1. The van der Waals surface area contributed by atoms with Crippen molar-refractivity contribution in [2.75, 3.05) is 18.0 Å². The molecule has 1 aromatic rings. The first-order valence-corrected chi connectivity index (χ1v) is 6.37. The second-order valence-corrected chi connectivity index (χ2v) is 5.20. The SMILES string of the molecule is NC(=O)C1CCN(c2cc(F)cc(Br)c2[N+](=O)[O-])C1. The van der Waals surface area contributed by atoms with Gasteiger partial charge in [-0.15, -0.1) is 0 Å². The number of nitrogens with zero attached hydrogens (tertiary/aromatic N) is 2. The number of hydrogen-bond acceptors (Lipinski definition) is 4. The van der Waals surface area contributed by atoms with Crippen LogP contribution in [0.3, 0.4) is 0 Å². The number of carbonyl (C=O) groups excluding carboxylic acids is 1. The topological polar surface area (TPSA) is 89.5 Å². The molecule has 1 aromatic carbocycles. The van der Waals surface area contributed by atoms with Crippen molar-refractivity contribution in [2.24, 2.45) is 11.7 Å². The van der Waals surface area contributed by atoms with Crippen LogP contribution in [0.2, 0.25) is 0 Å². The zero-order chi connectivity index (χ0) is 14.2. The van der Waals surface area contributed by atoms with Crippen LogP contribution in [0.15, 0.2) is 16.6 Å². The molecule has 102 valence electrons. The molecule has 8 heteroatoms. The first-order valence-electron chi connectivity index (χ1n) is 5.58. The molecule has 0 aliphatic carbocycles. The molecule has 1 atom stereocenters. The summed E-state index contributed by atoms with van der Waals surface area (Å²) in [5, 5.41) is 11.1. The van der Waals surface area contributed by atoms with Crippen LogP contribution in [0.5, 0.6) is 0 Å². The van der Waals surface area contributed by atoms with Gasteiger partial charge in [0.1, 0.15) is 16.0 Å². The fourth-order valence-corrected chi connectivity index (χ4v) is 2.75. The van der Waals surface area contributed by atoms with Crippen molar-refractivity contribution in [2.45, 2.75) is 6.42 Å². The summed E-state index contributed by atoms with van der Waals surface area (Å²) in [6, 6.07) is 2.15. The average Bonchev–Trinajstić information content (AvgIpc) is 2.76. The Morgan fingerprint density at radius 3 is 2.79 bits per heavy atom. The van der Waals surface area contributed by atoms with E-state index in [-0.39, 0.29) is 28.3 Å². The number of rotatable bonds is 3. The molecule has 0 aromatic heterocycles. The van der Waals surface area contributed by atoms with Crippen molar-refractivity contribution in [1.29, 1.82) is 0 Å². The number of nitro groups is 1. The van der Waals surface area contributed by atoms with Crippen molar-refractivity contribution in [3.05, 3.63) is 32.5 Å². The molecule has 0 spiro atoms. The van der Waals surface area contributed by atoms with Gasteiger partial charge in [0.15, 0.2) is 0 Å². The van der Waals surface area contributed by atoms with Gasteiger partial charge in [-0.2, -0.15) is 0 Å². The number of benzene rings is 1. The molecule has 1 amide bonds. The van der Waals surface area contributed by atoms with Gasteiger partial charge in [0.05, 0.1) is 10.8 Å². The highest BCUT2D eigenvalue weighted by molar-refractivity contribution is 9.10. The minimum absolute atomic E-state index is 0.0787. The van der Waals surface area contributed by atoms with Crippen LogP contribution in [0, 0.1) is 21.8 Å². The number of nitro benzene ring substituents is 1. The summed E-state index contributed by atoms with van der Waals surface area (Å²) < 4.78 is 13.5. The van der Waals surface area contributed by atoms with Gasteiger partial charge in [-0.1, -0.05) is 0 Å². The third-order valence-electron chi connectivity index (χ3n) is 3.12. The number of anilines is 1. The molecule has 0 bridgehead atoms. The van der Waals surface area contributed by atoms with E-state index >= 15 is 0 Å². The lowest BCUT2D eigenvalue weighted by Crippen LogP contribution is -2.27. The molecular formula is C11H11BrFN3O3. The van der Waals surface area contributed by atoms with Gasteiger partial charge >= 0.3 is 5.69 Å². The second kappa shape index (κ2) is 5.12. The van der Waals surface area contributed by atoms with Crippen LogP contribution in [0.25, 0.3) is 0 Å². The van der Waals surface area contributed by atoms with Gasteiger partial charge in [-0.05, 0) is 28.4 Å². The molecule has 0 radical (unpaired) electrons. The molecular weight excluding hydrogens is 321 g/mol. The normalized spacial score (nSPS) is 18.6. The van der Waals surface area contributed by atoms with Gasteiger partial charge in [-0.3, -0.25) is 14.9 Å². The lowest BCUT2D eigenvalue weighted by Gasteiger charge is -2.18. The number of carbonyl (C=O) groups is 1. The number of amides is 1. The summed E-state index contributed by atoms with van der Waals surface area (Å²) in [5.41, 5.74) is 5.18. The highest BCUT2D eigenvalue weighted by Crippen LogP contribution is 2.38. The Bertz CT molecular complexity index is 552. The molecule has 6 nitrogen and oxygen atoms in total. The van der Waals surface area contributed by atoms with Gasteiger partial charge in [0.2, 0.25) is 5.91 Å². The van der Waals surface area contributed by atoms with Gasteiger partial charge in [0, 0.05) is 19.2 Å². The fourth-order valence-electron chi connectivity index (χ4n) is 2.19. The van der Waals surface area contributed by atoms with E-state index in [9.17, 15) is 19.3 Å². The standard InChI is InChI=1S/C11H11BrFN3O3/c12-8-3-7(13)4-9(10(8)16(18)19)15-2-1-6(5-15)11(14)17/h3-4,6H,1-2,5H2,(H2,14,17). The van der Waals surface area contributed by atoms with Crippen LogP contribution >= 0.6 is 15.9 Å². The predicted molar refractivity (Wildman–Crippen MR) is 70.3 cm³/mol. The Balaban J connectivity index is 2.40.